The molecule has 0 radical (unpaired) electrons. The van der Waals surface area contributed by atoms with Gasteiger partial charge in [0, 0.05) is 46.4 Å². The maximum Gasteiger partial charge on any atom is 0.243 e. The Morgan fingerprint density at radius 2 is 1.86 bits per heavy atom. The van der Waals surface area contributed by atoms with Crippen LogP contribution in [0, 0.1) is 5.92 Å². The molecule has 1 aromatic carbocycles. The van der Waals surface area contributed by atoms with Gasteiger partial charge in [0.15, 0.2) is 5.96 Å². The zero-order chi connectivity index (χ0) is 20.5. The van der Waals surface area contributed by atoms with Gasteiger partial charge in [-0.2, -0.15) is 4.31 Å². The van der Waals surface area contributed by atoms with E-state index in [2.05, 4.69) is 15.6 Å². The zero-order valence-electron chi connectivity index (χ0n) is 17.4. The van der Waals surface area contributed by atoms with Crippen LogP contribution in [0.25, 0.3) is 0 Å². The van der Waals surface area contributed by atoms with E-state index in [-0.39, 0.29) is 0 Å². The number of hydrogen-bond donors (Lipinski definition) is 2. The smallest absolute Gasteiger partial charge is 0.243 e. The van der Waals surface area contributed by atoms with Crippen molar-refractivity contribution >= 4 is 16.0 Å². The van der Waals surface area contributed by atoms with Crippen molar-refractivity contribution in [1.82, 2.24) is 14.9 Å². The lowest BCUT2D eigenvalue weighted by molar-refractivity contribution is 0.123. The van der Waals surface area contributed by atoms with Gasteiger partial charge in [-0.3, -0.25) is 4.99 Å². The van der Waals surface area contributed by atoms with Gasteiger partial charge in [-0.15, -0.1) is 0 Å². The van der Waals surface area contributed by atoms with E-state index < -0.39 is 10.0 Å². The highest BCUT2D eigenvalue weighted by atomic mass is 32.2. The molecule has 2 N–H and O–H groups in total. The number of aliphatic imine (C=N–C) groups is 1. The Bertz CT molecular complexity index is 755. The van der Waals surface area contributed by atoms with Gasteiger partial charge in [0.2, 0.25) is 10.0 Å². The quantitative estimate of drug-likeness (QED) is 0.344. The fourth-order valence-electron chi connectivity index (χ4n) is 3.36. The van der Waals surface area contributed by atoms with Gasteiger partial charge in [-0.05, 0) is 55.7 Å². The fraction of sp³-hybridized carbons (Fsp3) is 0.667. The van der Waals surface area contributed by atoms with Crippen LogP contribution in [0.5, 0.6) is 0 Å². The first-order chi connectivity index (χ1) is 14.1. The summed E-state index contributed by atoms with van der Waals surface area (Å²) in [5.74, 6) is 1.54. The Morgan fingerprint density at radius 1 is 1.14 bits per heavy atom. The third-order valence-corrected chi connectivity index (χ3v) is 7.28. The van der Waals surface area contributed by atoms with E-state index in [9.17, 15) is 8.42 Å². The average Bonchev–Trinajstić information content (AvgIpc) is 3.58. The highest BCUT2D eigenvalue weighted by Crippen LogP contribution is 2.28. The second-order valence-corrected chi connectivity index (χ2v) is 9.77. The molecule has 1 saturated heterocycles. The Morgan fingerprint density at radius 3 is 2.52 bits per heavy atom. The molecule has 1 aliphatic carbocycles. The van der Waals surface area contributed by atoms with Crippen LogP contribution in [0.1, 0.15) is 44.1 Å². The highest BCUT2D eigenvalue weighted by molar-refractivity contribution is 7.89. The lowest BCUT2D eigenvalue weighted by atomic mass is 10.2. The topological polar surface area (TPSA) is 83.0 Å². The van der Waals surface area contributed by atoms with Crippen LogP contribution in [-0.2, 0) is 21.3 Å². The molecule has 29 heavy (non-hydrogen) atoms. The molecule has 8 heteroatoms. The van der Waals surface area contributed by atoms with Crippen LogP contribution in [0.4, 0.5) is 0 Å². The molecule has 1 saturated carbocycles. The summed E-state index contributed by atoms with van der Waals surface area (Å²) >= 11 is 0. The van der Waals surface area contributed by atoms with Gasteiger partial charge in [0.05, 0.1) is 4.90 Å². The van der Waals surface area contributed by atoms with Crippen molar-refractivity contribution < 1.29 is 13.2 Å². The van der Waals surface area contributed by atoms with Crippen LogP contribution < -0.4 is 10.6 Å². The van der Waals surface area contributed by atoms with E-state index in [1.807, 2.05) is 12.1 Å². The van der Waals surface area contributed by atoms with Crippen LogP contribution in [0.2, 0.25) is 0 Å². The SMILES string of the molecule is CN=C(NCCCOCC1CC1)NCc1ccc(S(=O)(=O)N2CCCCC2)cc1. The van der Waals surface area contributed by atoms with Crippen molar-refractivity contribution in [2.45, 2.75) is 50.0 Å². The number of ether oxygens (including phenoxy) is 1. The molecular weight excluding hydrogens is 388 g/mol. The predicted molar refractivity (Wildman–Crippen MR) is 115 cm³/mol. The van der Waals surface area contributed by atoms with E-state index >= 15 is 0 Å². The summed E-state index contributed by atoms with van der Waals surface area (Å²) in [4.78, 5) is 4.60. The highest BCUT2D eigenvalue weighted by Gasteiger charge is 2.25. The molecule has 162 valence electrons. The minimum Gasteiger partial charge on any atom is -0.381 e. The Balaban J connectivity index is 1.40. The van der Waals surface area contributed by atoms with Gasteiger partial charge < -0.3 is 15.4 Å². The zero-order valence-corrected chi connectivity index (χ0v) is 18.2. The molecule has 0 aromatic heterocycles. The molecule has 1 aromatic rings. The first-order valence-electron chi connectivity index (χ1n) is 10.7. The summed E-state index contributed by atoms with van der Waals surface area (Å²) < 4.78 is 32.7. The molecule has 0 amide bonds. The maximum absolute atomic E-state index is 12.7. The molecule has 3 rings (SSSR count). The van der Waals surface area contributed by atoms with Crippen LogP contribution >= 0.6 is 0 Å². The molecule has 1 heterocycles. The van der Waals surface area contributed by atoms with Gasteiger partial charge in [-0.25, -0.2) is 8.42 Å². The molecule has 0 bridgehead atoms. The van der Waals surface area contributed by atoms with Crippen molar-refractivity contribution in [3.63, 3.8) is 0 Å². The molecule has 0 spiro atoms. The molecular formula is C21H34N4O3S. The normalized spacial score (nSPS) is 18.6. The number of benzene rings is 1. The largest absolute Gasteiger partial charge is 0.381 e. The van der Waals surface area contributed by atoms with Gasteiger partial charge >= 0.3 is 0 Å². The summed E-state index contributed by atoms with van der Waals surface area (Å²) in [6.07, 6.45) is 6.58. The lowest BCUT2D eigenvalue weighted by Crippen LogP contribution is -2.37. The first-order valence-corrected chi connectivity index (χ1v) is 12.1. The third-order valence-electron chi connectivity index (χ3n) is 5.37. The van der Waals surface area contributed by atoms with Crippen molar-refractivity contribution in [1.29, 1.82) is 0 Å². The number of rotatable bonds is 10. The number of piperidine rings is 1. The second-order valence-electron chi connectivity index (χ2n) is 7.83. The van der Waals surface area contributed by atoms with Crippen molar-refractivity contribution in [2.75, 3.05) is 39.9 Å². The van der Waals surface area contributed by atoms with Crippen molar-refractivity contribution in [2.24, 2.45) is 10.9 Å². The molecule has 0 atom stereocenters. The molecule has 7 nitrogen and oxygen atoms in total. The van der Waals surface area contributed by atoms with E-state index in [1.54, 1.807) is 23.5 Å². The fourth-order valence-corrected chi connectivity index (χ4v) is 4.87. The number of hydrogen-bond acceptors (Lipinski definition) is 4. The first kappa shape index (κ1) is 22.1. The minimum absolute atomic E-state index is 0.372. The second kappa shape index (κ2) is 10.9. The third kappa shape index (κ3) is 6.97. The Labute approximate surface area is 175 Å². The minimum atomic E-state index is -3.37. The standard InChI is InChI=1S/C21H34N4O3S/c1-22-21(23-12-5-15-28-17-19-6-7-19)24-16-18-8-10-20(11-9-18)29(26,27)25-13-3-2-4-14-25/h8-11,19H,2-7,12-17H2,1H3,(H2,22,23,24). The summed E-state index contributed by atoms with van der Waals surface area (Å²) in [7, 11) is -1.63. The van der Waals surface area contributed by atoms with E-state index in [4.69, 9.17) is 4.74 Å². The van der Waals surface area contributed by atoms with Crippen LogP contribution in [0.15, 0.2) is 34.2 Å². The number of nitrogens with one attached hydrogen (secondary N) is 2. The number of nitrogens with zero attached hydrogens (tertiary/aromatic N) is 2. The summed E-state index contributed by atoms with van der Waals surface area (Å²) in [6.45, 7) is 4.31. The Hall–Kier alpha value is -1.64. The van der Waals surface area contributed by atoms with Gasteiger partial charge in [0.1, 0.15) is 0 Å². The van der Waals surface area contributed by atoms with Crippen LogP contribution in [0.3, 0.4) is 0 Å². The number of guanidine groups is 1. The predicted octanol–water partition coefficient (Wildman–Crippen LogP) is 2.34. The molecule has 1 aliphatic heterocycles. The van der Waals surface area contributed by atoms with Gasteiger partial charge in [0.25, 0.3) is 0 Å². The summed E-state index contributed by atoms with van der Waals surface area (Å²) in [6, 6.07) is 7.13. The monoisotopic (exact) mass is 422 g/mol. The molecule has 2 aliphatic rings. The summed E-state index contributed by atoms with van der Waals surface area (Å²) in [5.41, 5.74) is 1.01. The number of sulfonamides is 1. The molecule has 2 fully saturated rings. The van der Waals surface area contributed by atoms with Crippen LogP contribution in [-0.4, -0.2) is 58.6 Å². The maximum atomic E-state index is 12.7. The van der Waals surface area contributed by atoms with Crippen molar-refractivity contribution in [3.8, 4) is 0 Å². The van der Waals surface area contributed by atoms with Gasteiger partial charge in [-0.1, -0.05) is 18.6 Å². The van der Waals surface area contributed by atoms with E-state index in [1.165, 1.54) is 12.8 Å². The lowest BCUT2D eigenvalue weighted by Gasteiger charge is -2.25. The van der Waals surface area contributed by atoms with E-state index in [0.717, 1.165) is 62.9 Å². The average molecular weight is 423 g/mol. The van der Waals surface area contributed by atoms with E-state index in [0.29, 0.717) is 24.5 Å². The Kier molecular flexibility index (Phi) is 8.32. The van der Waals surface area contributed by atoms with Crippen molar-refractivity contribution in [3.05, 3.63) is 29.8 Å². The summed E-state index contributed by atoms with van der Waals surface area (Å²) in [5, 5.41) is 6.54. The molecule has 0 unspecified atom stereocenters.